The Kier molecular flexibility index (Phi) is 8.07. The number of rotatable bonds is 9. The highest BCUT2D eigenvalue weighted by atomic mass is 32.2. The zero-order chi connectivity index (χ0) is 21.7. The average molecular weight is 434 g/mol. The predicted octanol–water partition coefficient (Wildman–Crippen LogP) is 4.30. The lowest BCUT2D eigenvalue weighted by Crippen LogP contribution is -2.41. The number of nitrogens with zero attached hydrogens (tertiary/aromatic N) is 4. The molecule has 1 fully saturated rings. The summed E-state index contributed by atoms with van der Waals surface area (Å²) in [5.41, 5.74) is 3.52. The smallest absolute Gasteiger partial charge is 0.115 e. The van der Waals surface area contributed by atoms with Gasteiger partial charge in [-0.2, -0.15) is 0 Å². The number of ether oxygens (including phenoxy) is 1. The molecule has 0 spiro atoms. The van der Waals surface area contributed by atoms with E-state index in [9.17, 15) is 0 Å². The molecule has 6 nitrogen and oxygen atoms in total. The highest BCUT2D eigenvalue weighted by molar-refractivity contribution is 7.98. The first kappa shape index (κ1) is 23.4. The van der Waals surface area contributed by atoms with E-state index in [1.54, 1.807) is 19.2 Å². The Balaban J connectivity index is 1.87. The molecule has 1 aliphatic heterocycles. The van der Waals surface area contributed by atoms with Crippen molar-refractivity contribution in [3.63, 3.8) is 0 Å². The quantitative estimate of drug-likeness (QED) is 0.595. The molecule has 3 rings (SSSR count). The van der Waals surface area contributed by atoms with Gasteiger partial charge in [-0.1, -0.05) is 34.1 Å². The molecule has 0 saturated carbocycles. The van der Waals surface area contributed by atoms with Crippen LogP contribution in [0.3, 0.4) is 0 Å². The van der Waals surface area contributed by atoms with Gasteiger partial charge in [-0.15, -0.1) is 0 Å². The van der Waals surface area contributed by atoms with Gasteiger partial charge in [0.15, 0.2) is 0 Å². The van der Waals surface area contributed by atoms with Crippen molar-refractivity contribution in [2.24, 2.45) is 5.92 Å². The van der Waals surface area contributed by atoms with Crippen LogP contribution in [0.2, 0.25) is 0 Å². The van der Waals surface area contributed by atoms with Crippen LogP contribution in [0.1, 0.15) is 46.4 Å². The Morgan fingerprint density at radius 1 is 1.27 bits per heavy atom. The van der Waals surface area contributed by atoms with Gasteiger partial charge in [-0.25, -0.2) is 9.29 Å². The minimum absolute atomic E-state index is 0.000182. The van der Waals surface area contributed by atoms with Crippen LogP contribution in [0.15, 0.2) is 18.2 Å². The summed E-state index contributed by atoms with van der Waals surface area (Å²) >= 11 is 1.80. The fourth-order valence-electron chi connectivity index (χ4n) is 3.98. The van der Waals surface area contributed by atoms with Gasteiger partial charge in [-0.05, 0) is 30.5 Å². The van der Waals surface area contributed by atoms with Gasteiger partial charge in [0.05, 0.1) is 16.7 Å². The Morgan fingerprint density at radius 2 is 2.00 bits per heavy atom. The van der Waals surface area contributed by atoms with E-state index in [1.807, 2.05) is 0 Å². The number of fused-ring (bicyclic) bond motifs is 1. The van der Waals surface area contributed by atoms with Crippen LogP contribution < -0.4 is 9.62 Å². The molecule has 1 N–H and O–H groups in total. The number of aromatic nitrogens is 2. The number of hydrogen-bond donors (Lipinski definition) is 1. The summed E-state index contributed by atoms with van der Waals surface area (Å²) in [4.78, 5) is 5.11. The summed E-state index contributed by atoms with van der Waals surface area (Å²) in [5.74, 6) is 1.76. The molecule has 7 heteroatoms. The van der Waals surface area contributed by atoms with Gasteiger partial charge in [0.25, 0.3) is 0 Å². The topological polar surface area (TPSA) is 45.6 Å². The summed E-state index contributed by atoms with van der Waals surface area (Å²) in [6, 6.07) is 6.73. The van der Waals surface area contributed by atoms with Crippen LogP contribution in [-0.4, -0.2) is 60.8 Å². The van der Waals surface area contributed by atoms with Gasteiger partial charge in [0.1, 0.15) is 5.82 Å². The van der Waals surface area contributed by atoms with Gasteiger partial charge < -0.3 is 18.9 Å². The molecule has 0 aliphatic carbocycles. The first-order chi connectivity index (χ1) is 14.3. The van der Waals surface area contributed by atoms with Crippen LogP contribution in [-0.2, 0) is 16.7 Å². The highest BCUT2D eigenvalue weighted by Crippen LogP contribution is 2.32. The largest absolute Gasteiger partial charge is 0.385 e. The van der Waals surface area contributed by atoms with Crippen molar-refractivity contribution >= 4 is 28.9 Å². The van der Waals surface area contributed by atoms with Crippen molar-refractivity contribution in [3.05, 3.63) is 24.0 Å². The van der Waals surface area contributed by atoms with E-state index in [0.717, 1.165) is 57.7 Å². The van der Waals surface area contributed by atoms with E-state index in [-0.39, 0.29) is 5.41 Å². The van der Waals surface area contributed by atoms with Crippen molar-refractivity contribution in [1.29, 1.82) is 0 Å². The number of nitrogens with one attached hydrogen (secondary N) is 1. The maximum Gasteiger partial charge on any atom is 0.115 e. The fourth-order valence-corrected chi connectivity index (χ4v) is 4.89. The van der Waals surface area contributed by atoms with Gasteiger partial charge in [0, 0.05) is 71.0 Å². The van der Waals surface area contributed by atoms with Crippen LogP contribution in [0.5, 0.6) is 0 Å². The molecule has 1 saturated heterocycles. The van der Waals surface area contributed by atoms with E-state index < -0.39 is 0 Å². The maximum absolute atomic E-state index is 5.34. The number of imidazole rings is 1. The van der Waals surface area contributed by atoms with Gasteiger partial charge in [-0.3, -0.25) is 0 Å². The van der Waals surface area contributed by atoms with Crippen molar-refractivity contribution in [2.75, 3.05) is 51.2 Å². The normalized spacial score (nSPS) is 16.9. The summed E-state index contributed by atoms with van der Waals surface area (Å²) in [6.07, 6.45) is 2.23. The van der Waals surface area contributed by atoms with E-state index >= 15 is 0 Å². The van der Waals surface area contributed by atoms with Crippen LogP contribution in [0.4, 0.5) is 5.69 Å². The number of benzene rings is 1. The van der Waals surface area contributed by atoms with Crippen molar-refractivity contribution < 1.29 is 4.74 Å². The lowest BCUT2D eigenvalue weighted by molar-refractivity contribution is 0.171. The third-order valence-corrected chi connectivity index (χ3v) is 6.88. The number of anilines is 1. The second kappa shape index (κ2) is 10.4. The zero-order valence-corrected chi connectivity index (χ0v) is 20.4. The Bertz CT molecular complexity index is 810. The van der Waals surface area contributed by atoms with Crippen molar-refractivity contribution in [3.8, 4) is 0 Å². The molecule has 1 aromatic carbocycles. The summed E-state index contributed by atoms with van der Waals surface area (Å²) in [7, 11) is 3.93. The van der Waals surface area contributed by atoms with Gasteiger partial charge in [0.2, 0.25) is 0 Å². The summed E-state index contributed by atoms with van der Waals surface area (Å²) < 4.78 is 12.5. The molecule has 1 unspecified atom stereocenters. The third kappa shape index (κ3) is 5.69. The molecule has 1 aromatic heterocycles. The van der Waals surface area contributed by atoms with Gasteiger partial charge >= 0.3 is 0 Å². The number of piperazine rings is 1. The standard InChI is InChI=1S/C23H39N5OS/c1-7-18(10-15-29-6)17-28-21-9-8-19(16-20(21)25-22(28)23(2,3)4)26(5)30-27-13-11-24-12-14-27/h8-9,16,18,24H,7,10-15,17H2,1-6H3. The SMILES string of the molecule is CCC(CCOC)Cn1c(C(C)(C)C)nc2cc(N(C)SN3CCNCC3)ccc21. The molecule has 0 radical (unpaired) electrons. The zero-order valence-electron chi connectivity index (χ0n) is 19.6. The van der Waals surface area contributed by atoms with E-state index in [2.05, 4.69) is 71.4 Å². The van der Waals surface area contributed by atoms with E-state index in [4.69, 9.17) is 9.72 Å². The predicted molar refractivity (Wildman–Crippen MR) is 129 cm³/mol. The molecular weight excluding hydrogens is 394 g/mol. The second-order valence-corrected chi connectivity index (χ2v) is 10.5. The van der Waals surface area contributed by atoms with Crippen LogP contribution in [0, 0.1) is 5.92 Å². The first-order valence-electron chi connectivity index (χ1n) is 11.2. The third-order valence-electron chi connectivity index (χ3n) is 5.83. The Labute approximate surface area is 186 Å². The molecule has 2 heterocycles. The molecule has 0 bridgehead atoms. The molecule has 0 amide bonds. The molecular formula is C23H39N5OS. The van der Waals surface area contributed by atoms with E-state index in [1.165, 1.54) is 17.0 Å². The number of hydrogen-bond acceptors (Lipinski definition) is 6. The van der Waals surface area contributed by atoms with Crippen molar-refractivity contribution in [1.82, 2.24) is 19.2 Å². The molecule has 1 atom stereocenters. The monoisotopic (exact) mass is 433 g/mol. The first-order valence-corrected chi connectivity index (χ1v) is 11.9. The maximum atomic E-state index is 5.34. The lowest BCUT2D eigenvalue weighted by atomic mass is 9.95. The molecule has 2 aromatic rings. The average Bonchev–Trinajstić information content (AvgIpc) is 3.09. The molecule has 1 aliphatic rings. The summed E-state index contributed by atoms with van der Waals surface area (Å²) in [6.45, 7) is 15.1. The Hall–Kier alpha value is -1.28. The molecule has 30 heavy (non-hydrogen) atoms. The minimum Gasteiger partial charge on any atom is -0.385 e. The highest BCUT2D eigenvalue weighted by Gasteiger charge is 2.25. The molecule has 168 valence electrons. The van der Waals surface area contributed by atoms with E-state index in [0.29, 0.717) is 5.92 Å². The fraction of sp³-hybridized carbons (Fsp3) is 0.696. The van der Waals surface area contributed by atoms with Crippen LogP contribution >= 0.6 is 12.1 Å². The van der Waals surface area contributed by atoms with Crippen molar-refractivity contribution in [2.45, 2.75) is 52.5 Å². The van der Waals surface area contributed by atoms with Crippen LogP contribution in [0.25, 0.3) is 11.0 Å². The summed E-state index contributed by atoms with van der Waals surface area (Å²) in [5, 5.41) is 3.41. The minimum atomic E-state index is 0.000182. The Morgan fingerprint density at radius 3 is 2.63 bits per heavy atom. The lowest BCUT2D eigenvalue weighted by Gasteiger charge is -2.30. The number of methoxy groups -OCH3 is 1. The second-order valence-electron chi connectivity index (χ2n) is 9.28.